The highest BCUT2D eigenvalue weighted by Crippen LogP contribution is 2.32. The van der Waals surface area contributed by atoms with Gasteiger partial charge >= 0.3 is 12.0 Å². The Morgan fingerprint density at radius 1 is 1.33 bits per heavy atom. The van der Waals surface area contributed by atoms with Crippen molar-refractivity contribution in [2.24, 2.45) is 0 Å². The molecule has 1 aliphatic heterocycles. The lowest BCUT2D eigenvalue weighted by Gasteiger charge is -2.23. The third-order valence-electron chi connectivity index (χ3n) is 4.73. The molecule has 2 heterocycles. The zero-order valence-corrected chi connectivity index (χ0v) is 16.2. The van der Waals surface area contributed by atoms with Crippen molar-refractivity contribution in [2.45, 2.75) is 37.5 Å². The average Bonchev–Trinajstić information content (AvgIpc) is 3.39. The number of carbonyl (C=O) groups is 1. The summed E-state index contributed by atoms with van der Waals surface area (Å²) in [5.74, 6) is -2.96. The number of alkyl halides is 2. The molecule has 1 fully saturated rings. The van der Waals surface area contributed by atoms with Gasteiger partial charge in [-0.3, -0.25) is 0 Å². The number of aliphatic hydroxyl groups excluding tert-OH is 1. The number of aliphatic hydroxyl groups is 1. The maximum atomic E-state index is 14.4. The summed E-state index contributed by atoms with van der Waals surface area (Å²) in [7, 11) is 0. The van der Waals surface area contributed by atoms with Gasteiger partial charge in [-0.2, -0.15) is 14.0 Å². The van der Waals surface area contributed by atoms with Gasteiger partial charge in [-0.25, -0.2) is 4.79 Å². The Morgan fingerprint density at radius 2 is 2.13 bits per heavy atom. The maximum Gasteiger partial charge on any atom is 0.318 e. The fourth-order valence-electron chi connectivity index (χ4n) is 3.07. The van der Waals surface area contributed by atoms with Crippen LogP contribution in [0.25, 0.3) is 0 Å². The molecule has 0 saturated carbocycles. The molecule has 0 aliphatic carbocycles. The summed E-state index contributed by atoms with van der Waals surface area (Å²) in [6.45, 7) is 1.46. The Balaban J connectivity index is 1.45. The molecule has 3 N–H and O–H groups in total. The van der Waals surface area contributed by atoms with Gasteiger partial charge in [0.25, 0.3) is 0 Å². The Morgan fingerprint density at radius 3 is 2.87 bits per heavy atom. The minimum absolute atomic E-state index is 0.250. The summed E-state index contributed by atoms with van der Waals surface area (Å²) in [5.41, 5.74) is -0.263. The summed E-state index contributed by atoms with van der Waals surface area (Å²) in [6, 6.07) is 6.49. The van der Waals surface area contributed by atoms with Crippen molar-refractivity contribution in [3.8, 4) is 0 Å². The van der Waals surface area contributed by atoms with Gasteiger partial charge in [-0.1, -0.05) is 47.7 Å². The van der Waals surface area contributed by atoms with Crippen LogP contribution in [0.15, 0.2) is 42.5 Å². The lowest BCUT2D eigenvalue weighted by molar-refractivity contribution is -0.0929. The fourth-order valence-corrected chi connectivity index (χ4v) is 3.07. The normalized spacial score (nSPS) is 18.2. The van der Waals surface area contributed by atoms with Gasteiger partial charge < -0.3 is 20.1 Å². The van der Waals surface area contributed by atoms with Gasteiger partial charge in [0.2, 0.25) is 0 Å². The highest BCUT2D eigenvalue weighted by molar-refractivity contribution is 5.77. The van der Waals surface area contributed by atoms with Crippen molar-refractivity contribution in [3.05, 3.63) is 53.9 Å². The molecule has 162 valence electrons. The summed E-state index contributed by atoms with van der Waals surface area (Å²) in [4.78, 5) is 13.6. The highest BCUT2D eigenvalue weighted by Gasteiger charge is 2.39. The molecule has 1 saturated heterocycles. The van der Waals surface area contributed by atoms with Gasteiger partial charge in [-0.15, -0.1) is 10.2 Å². The largest absolute Gasteiger partial charge is 0.382 e. The zero-order valence-electron chi connectivity index (χ0n) is 16.2. The molecule has 1 aromatic carbocycles. The smallest absolute Gasteiger partial charge is 0.318 e. The Kier molecular flexibility index (Phi) is 7.41. The van der Waals surface area contributed by atoms with Crippen LogP contribution in [0.2, 0.25) is 0 Å². The van der Waals surface area contributed by atoms with Crippen LogP contribution in [0.5, 0.6) is 0 Å². The van der Waals surface area contributed by atoms with E-state index in [9.17, 15) is 18.7 Å². The highest BCUT2D eigenvalue weighted by atomic mass is 19.3. The number of amides is 2. The minimum Gasteiger partial charge on any atom is -0.382 e. The Hall–Kier alpha value is -2.92. The molecule has 2 amide bonds. The van der Waals surface area contributed by atoms with Crippen LogP contribution in [0.1, 0.15) is 24.2 Å². The average molecular weight is 422 g/mol. The monoisotopic (exact) mass is 422 g/mol. The molecular formula is C19H24F2N6O3. The first-order valence-electron chi connectivity index (χ1n) is 9.62. The molecule has 0 bridgehead atoms. The second-order valence-electron chi connectivity index (χ2n) is 6.85. The van der Waals surface area contributed by atoms with Gasteiger partial charge in [0, 0.05) is 25.3 Å². The number of rotatable bonds is 11. The quantitative estimate of drug-likeness (QED) is 0.374. The summed E-state index contributed by atoms with van der Waals surface area (Å²) < 4.78 is 34.2. The predicted molar refractivity (Wildman–Crippen MR) is 102 cm³/mol. The maximum absolute atomic E-state index is 14.4. The van der Waals surface area contributed by atoms with Crippen LogP contribution in [-0.4, -0.2) is 68.5 Å². The lowest BCUT2D eigenvalue weighted by atomic mass is 10.0. The van der Waals surface area contributed by atoms with Crippen molar-refractivity contribution < 1.29 is 23.4 Å². The standard InChI is InChI=1S/C19H24F2N6O3/c20-19(21,14-6-2-1-3-7-14)16(28)9-8-15-12-22-18(29)27(15)10-4-5-11-30-13-17-23-25-26-24-17/h1-3,6-9,15-16,28H,4-5,10-13H2,(H,22,29)(H,23,24,25,26)/t15-,16?/m0/s1. The van der Waals surface area contributed by atoms with E-state index in [-0.39, 0.29) is 18.2 Å². The molecule has 9 nitrogen and oxygen atoms in total. The van der Waals surface area contributed by atoms with E-state index in [0.717, 1.165) is 6.08 Å². The number of aromatic nitrogens is 4. The van der Waals surface area contributed by atoms with Crippen molar-refractivity contribution in [1.82, 2.24) is 30.8 Å². The van der Waals surface area contributed by atoms with Crippen LogP contribution in [0.3, 0.4) is 0 Å². The molecule has 1 aromatic heterocycles. The number of hydrogen-bond donors (Lipinski definition) is 3. The van der Waals surface area contributed by atoms with Crippen molar-refractivity contribution in [3.63, 3.8) is 0 Å². The second kappa shape index (κ2) is 10.2. The molecule has 11 heteroatoms. The van der Waals surface area contributed by atoms with Gasteiger partial charge in [-0.05, 0) is 12.8 Å². The molecule has 1 aliphatic rings. The third-order valence-corrected chi connectivity index (χ3v) is 4.73. The fraction of sp³-hybridized carbons (Fsp3) is 0.474. The molecular weight excluding hydrogens is 398 g/mol. The number of urea groups is 1. The number of nitrogens with zero attached hydrogens (tertiary/aromatic N) is 4. The predicted octanol–water partition coefficient (Wildman–Crippen LogP) is 1.60. The van der Waals surface area contributed by atoms with Crippen LogP contribution < -0.4 is 5.32 Å². The molecule has 0 radical (unpaired) electrons. The first-order valence-corrected chi connectivity index (χ1v) is 9.62. The van der Waals surface area contributed by atoms with E-state index in [1.807, 2.05) is 0 Å². The number of hydrogen-bond acceptors (Lipinski definition) is 6. The van der Waals surface area contributed by atoms with Crippen LogP contribution in [-0.2, 0) is 17.3 Å². The first kappa shape index (κ1) is 21.8. The molecule has 2 atom stereocenters. The van der Waals surface area contributed by atoms with Gasteiger partial charge in [0.1, 0.15) is 12.7 Å². The minimum atomic E-state index is -3.42. The SMILES string of the molecule is O=C1NC[C@H](C=CC(O)C(F)(F)c2ccccc2)N1CCCCOCc1nn[nH]n1. The summed E-state index contributed by atoms with van der Waals surface area (Å²) in [6.07, 6.45) is 1.89. The van der Waals surface area contributed by atoms with E-state index in [1.165, 1.54) is 30.3 Å². The van der Waals surface area contributed by atoms with Crippen LogP contribution in [0.4, 0.5) is 13.6 Å². The molecule has 3 rings (SSSR count). The second-order valence-corrected chi connectivity index (χ2v) is 6.85. The number of H-pyrrole nitrogens is 1. The number of carbonyl (C=O) groups excluding carboxylic acids is 1. The van der Waals surface area contributed by atoms with Crippen LogP contribution >= 0.6 is 0 Å². The van der Waals surface area contributed by atoms with Gasteiger partial charge in [0.15, 0.2) is 5.82 Å². The van der Waals surface area contributed by atoms with E-state index in [2.05, 4.69) is 25.9 Å². The van der Waals surface area contributed by atoms with E-state index in [1.54, 1.807) is 11.0 Å². The molecule has 1 unspecified atom stereocenters. The topological polar surface area (TPSA) is 116 Å². The van der Waals surface area contributed by atoms with Gasteiger partial charge in [0.05, 0.1) is 6.04 Å². The number of ether oxygens (including phenoxy) is 1. The van der Waals surface area contributed by atoms with Crippen molar-refractivity contribution >= 4 is 6.03 Å². The van der Waals surface area contributed by atoms with E-state index in [4.69, 9.17) is 4.74 Å². The zero-order chi connectivity index (χ0) is 21.4. The van der Waals surface area contributed by atoms with Crippen molar-refractivity contribution in [1.29, 1.82) is 0 Å². The number of aromatic amines is 1. The van der Waals surface area contributed by atoms with E-state index < -0.39 is 18.1 Å². The van der Waals surface area contributed by atoms with E-state index >= 15 is 0 Å². The lowest BCUT2D eigenvalue weighted by Crippen LogP contribution is -2.35. The Bertz CT molecular complexity index is 819. The summed E-state index contributed by atoms with van der Waals surface area (Å²) >= 11 is 0. The third kappa shape index (κ3) is 5.57. The number of nitrogens with one attached hydrogen (secondary N) is 2. The number of tetrazole rings is 1. The Labute approximate surface area is 172 Å². The summed E-state index contributed by atoms with van der Waals surface area (Å²) in [5, 5.41) is 26.0. The number of benzene rings is 1. The van der Waals surface area contributed by atoms with Crippen molar-refractivity contribution in [2.75, 3.05) is 19.7 Å². The number of halogens is 2. The van der Waals surface area contributed by atoms with E-state index in [0.29, 0.717) is 38.4 Å². The molecule has 30 heavy (non-hydrogen) atoms. The van der Waals surface area contributed by atoms with Crippen LogP contribution in [0, 0.1) is 0 Å². The molecule has 2 aromatic rings. The first-order chi connectivity index (χ1) is 14.5. The molecule has 0 spiro atoms. The number of unbranched alkanes of at least 4 members (excludes halogenated alkanes) is 1.